The maximum absolute atomic E-state index is 14.1. The molecular formula is C35H67N3O8Si2. The van der Waals surface area contributed by atoms with Gasteiger partial charge in [-0.05, 0) is 106 Å². The summed E-state index contributed by atoms with van der Waals surface area (Å²) in [6.07, 6.45) is 1.46. The molecule has 4 rings (SSSR count). The van der Waals surface area contributed by atoms with E-state index in [9.17, 15) is 4.79 Å². The van der Waals surface area contributed by atoms with Crippen molar-refractivity contribution in [2.75, 3.05) is 20.6 Å². The topological polar surface area (TPSA) is 123 Å². The van der Waals surface area contributed by atoms with Gasteiger partial charge in [0, 0.05) is 30.0 Å². The third-order valence-corrected chi connectivity index (χ3v) is 12.5. The van der Waals surface area contributed by atoms with Crippen molar-refractivity contribution in [1.29, 1.82) is 0 Å². The molecule has 0 aromatic rings. The molecular weight excluding hydrogens is 647 g/mol. The SMILES string of the molecule is CC[C@H]1OC(=O)[C@H](C)[C@@H](O[Si](C)(C)C)[C@H](C)[C@@H](OC2O[C@H](C)C[C@H](N(C)C)[C@H]2O[Si](C)(C)C)[C@@]2(C)C[C@@H](C)C3(OC1(C)C=C3CNN)O2. The summed E-state index contributed by atoms with van der Waals surface area (Å²) >= 11 is 0. The molecule has 11 nitrogen and oxygen atoms in total. The number of likely N-dealkylation sites (N-methyl/N-ethyl adjacent to an activating group) is 1. The van der Waals surface area contributed by atoms with Crippen molar-refractivity contribution >= 4 is 22.6 Å². The zero-order valence-electron chi connectivity index (χ0n) is 32.5. The maximum atomic E-state index is 14.1. The van der Waals surface area contributed by atoms with E-state index in [1.54, 1.807) is 0 Å². The van der Waals surface area contributed by atoms with Gasteiger partial charge in [-0.25, -0.2) is 0 Å². The number of esters is 1. The largest absolute Gasteiger partial charge is 0.459 e. The zero-order valence-corrected chi connectivity index (χ0v) is 34.5. The molecule has 3 N–H and O–H groups in total. The van der Waals surface area contributed by atoms with E-state index in [0.717, 1.165) is 12.0 Å². The Morgan fingerprint density at radius 3 is 2.15 bits per heavy atom. The minimum Gasteiger partial charge on any atom is -0.459 e. The van der Waals surface area contributed by atoms with Crippen LogP contribution in [0.25, 0.3) is 0 Å². The Kier molecular flexibility index (Phi) is 12.0. The van der Waals surface area contributed by atoms with Gasteiger partial charge in [-0.1, -0.05) is 20.8 Å². The number of hydrogen-bond donors (Lipinski definition) is 2. The fourth-order valence-corrected chi connectivity index (χ4v) is 10.9. The summed E-state index contributed by atoms with van der Waals surface area (Å²) in [4.78, 5) is 16.4. The van der Waals surface area contributed by atoms with Crippen molar-refractivity contribution in [2.45, 2.75) is 167 Å². The monoisotopic (exact) mass is 713 g/mol. The lowest BCUT2D eigenvalue weighted by Crippen LogP contribution is -2.62. The summed E-state index contributed by atoms with van der Waals surface area (Å²) in [5.74, 6) is 3.59. The Bertz CT molecular complexity index is 1180. The summed E-state index contributed by atoms with van der Waals surface area (Å²) in [6.45, 7) is 27.8. The second kappa shape index (κ2) is 14.4. The summed E-state index contributed by atoms with van der Waals surface area (Å²) < 4.78 is 48.6. The van der Waals surface area contributed by atoms with Gasteiger partial charge in [-0.15, -0.1) is 0 Å². The van der Waals surface area contributed by atoms with E-state index >= 15 is 0 Å². The van der Waals surface area contributed by atoms with Crippen LogP contribution in [0, 0.1) is 17.8 Å². The van der Waals surface area contributed by atoms with Crippen LogP contribution in [-0.4, -0.2) is 108 Å². The van der Waals surface area contributed by atoms with Crippen molar-refractivity contribution < 1.29 is 37.3 Å². The molecule has 4 heterocycles. The van der Waals surface area contributed by atoms with E-state index in [4.69, 9.17) is 38.4 Å². The molecule has 3 saturated heterocycles. The number of ether oxygens (including phenoxy) is 5. The van der Waals surface area contributed by atoms with Gasteiger partial charge < -0.3 is 37.4 Å². The van der Waals surface area contributed by atoms with Gasteiger partial charge in [0.25, 0.3) is 0 Å². The second-order valence-electron chi connectivity index (χ2n) is 17.5. The third kappa shape index (κ3) is 8.17. The van der Waals surface area contributed by atoms with E-state index in [1.807, 2.05) is 20.8 Å². The molecule has 4 aliphatic rings. The standard InChI is InChI=1S/C35H67N3O8Si2/c1-16-27-33(6)19-25(20-37-36)35(45-33)21(2)18-34(7,46-35)30(23(4)28(43-47(10,11)12)24(5)31(39)41-27)42-32-29(44-48(13,14)15)26(38(8)9)17-22(3)40-32/h19,21-24,26-30,32,37H,16-18,20,36H2,1-15H3/t21-,22-,23+,24-,26+,27-,28+,29-,30-,32?,33?,34-,35?/m1/s1. The molecule has 3 unspecified atom stereocenters. The molecule has 48 heavy (non-hydrogen) atoms. The number of nitrogens with two attached hydrogens (primary N) is 1. The summed E-state index contributed by atoms with van der Waals surface area (Å²) in [6, 6.07) is 0.0903. The lowest BCUT2D eigenvalue weighted by Gasteiger charge is -2.50. The van der Waals surface area contributed by atoms with Gasteiger partial charge in [0.15, 0.2) is 28.7 Å². The molecule has 0 aromatic carbocycles. The highest BCUT2D eigenvalue weighted by molar-refractivity contribution is 6.70. The first-order valence-corrected chi connectivity index (χ1v) is 24.9. The van der Waals surface area contributed by atoms with Crippen LogP contribution in [0.3, 0.4) is 0 Å². The molecule has 3 fully saturated rings. The highest BCUT2D eigenvalue weighted by Crippen LogP contribution is 2.56. The summed E-state index contributed by atoms with van der Waals surface area (Å²) in [7, 11) is -0.0148. The number of nitrogens with one attached hydrogen (secondary N) is 1. The predicted molar refractivity (Wildman–Crippen MR) is 192 cm³/mol. The zero-order chi connectivity index (χ0) is 36.2. The van der Waals surface area contributed by atoms with E-state index in [-0.39, 0.29) is 36.1 Å². The van der Waals surface area contributed by atoms with Crippen LogP contribution in [-0.2, 0) is 37.3 Å². The molecule has 0 aromatic heterocycles. The van der Waals surface area contributed by atoms with Gasteiger partial charge >= 0.3 is 5.97 Å². The third-order valence-electron chi connectivity index (χ3n) is 10.6. The lowest BCUT2D eigenvalue weighted by atomic mass is 9.78. The second-order valence-corrected chi connectivity index (χ2v) is 26.5. The van der Waals surface area contributed by atoms with E-state index in [1.165, 1.54) is 0 Å². The van der Waals surface area contributed by atoms with Gasteiger partial charge in [-0.2, -0.15) is 0 Å². The van der Waals surface area contributed by atoms with Crippen LogP contribution < -0.4 is 11.3 Å². The number of cyclic esters (lactones) is 1. The van der Waals surface area contributed by atoms with Gasteiger partial charge in [0.2, 0.25) is 0 Å². The predicted octanol–water partition coefficient (Wildman–Crippen LogP) is 5.17. The number of hydrogen-bond acceptors (Lipinski definition) is 11. The first kappa shape index (κ1) is 40.1. The Labute approximate surface area is 292 Å². The van der Waals surface area contributed by atoms with E-state index in [2.05, 4.69) is 97.5 Å². The van der Waals surface area contributed by atoms with Crippen molar-refractivity contribution in [3.05, 3.63) is 11.6 Å². The van der Waals surface area contributed by atoms with Crippen molar-refractivity contribution in [3.63, 3.8) is 0 Å². The smallest absolute Gasteiger partial charge is 0.311 e. The Hall–Kier alpha value is -0.716. The van der Waals surface area contributed by atoms with Crippen LogP contribution in [0.15, 0.2) is 11.6 Å². The van der Waals surface area contributed by atoms with Crippen LogP contribution in [0.1, 0.15) is 67.7 Å². The average Bonchev–Trinajstić information content (AvgIpc) is 3.38. The van der Waals surface area contributed by atoms with Gasteiger partial charge in [0.1, 0.15) is 17.8 Å². The Morgan fingerprint density at radius 1 is 1.00 bits per heavy atom. The number of rotatable bonds is 10. The van der Waals surface area contributed by atoms with E-state index in [0.29, 0.717) is 19.4 Å². The number of fused-ring (bicyclic) bond motifs is 2. The molecule has 1 spiro atoms. The van der Waals surface area contributed by atoms with Crippen molar-refractivity contribution in [1.82, 2.24) is 10.3 Å². The number of carbonyl (C=O) groups is 1. The van der Waals surface area contributed by atoms with Crippen molar-refractivity contribution in [3.8, 4) is 0 Å². The molecule has 4 aliphatic heterocycles. The normalized spacial score (nSPS) is 44.3. The first-order valence-electron chi connectivity index (χ1n) is 18.1. The summed E-state index contributed by atoms with van der Waals surface area (Å²) in [5, 5.41) is 0. The molecule has 13 atom stereocenters. The number of nitrogens with zero attached hydrogens (tertiary/aromatic N) is 1. The molecule has 0 saturated carbocycles. The molecule has 0 radical (unpaired) electrons. The lowest BCUT2D eigenvalue weighted by molar-refractivity contribution is -0.326. The fraction of sp³-hybridized carbons (Fsp3) is 0.914. The molecule has 278 valence electrons. The number of hydrazine groups is 1. The van der Waals surface area contributed by atoms with Crippen LogP contribution in [0.2, 0.25) is 39.3 Å². The maximum Gasteiger partial charge on any atom is 0.311 e. The van der Waals surface area contributed by atoms with Crippen LogP contribution >= 0.6 is 0 Å². The Morgan fingerprint density at radius 2 is 1.60 bits per heavy atom. The van der Waals surface area contributed by atoms with Crippen molar-refractivity contribution in [2.24, 2.45) is 23.6 Å². The quantitative estimate of drug-likeness (QED) is 0.102. The molecule has 0 aliphatic carbocycles. The Balaban J connectivity index is 1.90. The fourth-order valence-electron chi connectivity index (χ4n) is 8.59. The van der Waals surface area contributed by atoms with Crippen LogP contribution in [0.4, 0.5) is 0 Å². The highest BCUT2D eigenvalue weighted by atomic mass is 28.4. The minimum absolute atomic E-state index is 0.0500. The molecule has 0 amide bonds. The van der Waals surface area contributed by atoms with Gasteiger partial charge in [0.05, 0.1) is 29.8 Å². The average molecular weight is 714 g/mol. The molecule has 3 bridgehead atoms. The first-order chi connectivity index (χ1) is 22.0. The van der Waals surface area contributed by atoms with Crippen LogP contribution in [0.5, 0.6) is 0 Å². The minimum atomic E-state index is -2.17. The molecule has 13 heteroatoms. The number of carbonyl (C=O) groups excluding carboxylic acids is 1. The van der Waals surface area contributed by atoms with Gasteiger partial charge in [-0.3, -0.25) is 16.1 Å². The summed E-state index contributed by atoms with van der Waals surface area (Å²) in [5.41, 5.74) is 1.95. The van der Waals surface area contributed by atoms with E-state index < -0.39 is 64.1 Å². The highest BCUT2D eigenvalue weighted by Gasteiger charge is 2.65.